The molecule has 0 saturated heterocycles. The second-order valence-electron chi connectivity index (χ2n) is 3.80. The summed E-state index contributed by atoms with van der Waals surface area (Å²) in [5.41, 5.74) is 5.15. The number of hydrogen-bond acceptors (Lipinski definition) is 7. The number of likely N-dealkylation sites (N-methyl/N-ethyl adjacent to an activating group) is 1. The number of carbonyl (C=O) groups is 1. The van der Waals surface area contributed by atoms with Crippen molar-refractivity contribution in [2.24, 2.45) is 5.73 Å². The van der Waals surface area contributed by atoms with Gasteiger partial charge in [-0.1, -0.05) is 0 Å². The highest BCUT2D eigenvalue weighted by Gasteiger charge is 2.12. The first-order valence-electron chi connectivity index (χ1n) is 5.51. The van der Waals surface area contributed by atoms with Crippen LogP contribution in [0.15, 0.2) is 18.7 Å². The van der Waals surface area contributed by atoms with Gasteiger partial charge in [0.15, 0.2) is 0 Å². The van der Waals surface area contributed by atoms with Crippen LogP contribution in [0.25, 0.3) is 5.95 Å². The predicted molar refractivity (Wildman–Crippen MR) is 69.0 cm³/mol. The Hall–Kier alpha value is -2.71. The molecule has 0 aliphatic rings. The van der Waals surface area contributed by atoms with Crippen LogP contribution in [0, 0.1) is 0 Å². The van der Waals surface area contributed by atoms with E-state index in [1.54, 1.807) is 42.3 Å². The molecule has 2 rings (SSSR count). The third kappa shape index (κ3) is 2.94. The molecule has 9 nitrogen and oxygen atoms in total. The highest BCUT2D eigenvalue weighted by molar-refractivity contribution is 5.78. The molecule has 0 aromatic carbocycles. The third-order valence-corrected chi connectivity index (χ3v) is 2.31. The SMILES string of the molecule is CNc1nc(N(C)CC(N)=O)nc(-n2ccnc2)n1. The molecule has 1 amide bonds. The average Bonchev–Trinajstić information content (AvgIpc) is 2.91. The van der Waals surface area contributed by atoms with Crippen LogP contribution in [-0.4, -0.2) is 51.1 Å². The summed E-state index contributed by atoms with van der Waals surface area (Å²) in [7, 11) is 3.38. The van der Waals surface area contributed by atoms with Crippen LogP contribution in [0.1, 0.15) is 0 Å². The van der Waals surface area contributed by atoms with Crippen LogP contribution in [0.5, 0.6) is 0 Å². The van der Waals surface area contributed by atoms with E-state index in [1.807, 2.05) is 0 Å². The molecule has 100 valence electrons. The number of nitrogens with two attached hydrogens (primary N) is 1. The van der Waals surface area contributed by atoms with Gasteiger partial charge in [0.25, 0.3) is 0 Å². The number of aromatic nitrogens is 5. The van der Waals surface area contributed by atoms with Crippen molar-refractivity contribution in [3.8, 4) is 5.95 Å². The first-order valence-corrected chi connectivity index (χ1v) is 5.51. The topological polar surface area (TPSA) is 115 Å². The largest absolute Gasteiger partial charge is 0.368 e. The molecular formula is C10H14N8O. The van der Waals surface area contributed by atoms with Crippen molar-refractivity contribution in [1.82, 2.24) is 24.5 Å². The maximum absolute atomic E-state index is 10.9. The van der Waals surface area contributed by atoms with E-state index in [9.17, 15) is 4.79 Å². The summed E-state index contributed by atoms with van der Waals surface area (Å²) in [5.74, 6) is 0.688. The van der Waals surface area contributed by atoms with Gasteiger partial charge in [-0.3, -0.25) is 9.36 Å². The van der Waals surface area contributed by atoms with E-state index in [2.05, 4.69) is 25.3 Å². The van der Waals surface area contributed by atoms with Crippen molar-refractivity contribution in [1.29, 1.82) is 0 Å². The second-order valence-corrected chi connectivity index (χ2v) is 3.80. The Bertz CT molecular complexity index is 567. The summed E-state index contributed by atoms with van der Waals surface area (Å²) in [6, 6.07) is 0. The number of hydrogen-bond donors (Lipinski definition) is 2. The maximum atomic E-state index is 10.9. The van der Waals surface area contributed by atoms with Crippen molar-refractivity contribution in [3.05, 3.63) is 18.7 Å². The Balaban J connectivity index is 2.38. The number of carbonyl (C=O) groups excluding carboxylic acids is 1. The van der Waals surface area contributed by atoms with E-state index in [1.165, 1.54) is 0 Å². The van der Waals surface area contributed by atoms with Crippen LogP contribution >= 0.6 is 0 Å². The molecule has 0 saturated carbocycles. The Kier molecular flexibility index (Phi) is 3.55. The van der Waals surface area contributed by atoms with Crippen molar-refractivity contribution in [2.45, 2.75) is 0 Å². The molecule has 2 aromatic rings. The highest BCUT2D eigenvalue weighted by atomic mass is 16.1. The minimum atomic E-state index is -0.460. The minimum absolute atomic E-state index is 0.0243. The fourth-order valence-electron chi connectivity index (χ4n) is 1.43. The van der Waals surface area contributed by atoms with Gasteiger partial charge in [0.1, 0.15) is 6.33 Å². The summed E-state index contributed by atoms with van der Waals surface area (Å²) in [6.45, 7) is 0.0243. The standard InChI is InChI=1S/C10H14N8O/c1-12-8-14-9(17(2)5-7(11)19)16-10(15-8)18-4-3-13-6-18/h3-4,6H,5H2,1-2H3,(H2,11,19)(H,12,14,15,16). The van der Waals surface area contributed by atoms with Gasteiger partial charge in [0, 0.05) is 26.5 Å². The van der Waals surface area contributed by atoms with Crippen molar-refractivity contribution in [2.75, 3.05) is 30.9 Å². The molecule has 0 aliphatic carbocycles. The fraction of sp³-hybridized carbons (Fsp3) is 0.300. The maximum Gasteiger partial charge on any atom is 0.241 e. The van der Waals surface area contributed by atoms with Gasteiger partial charge in [-0.25, -0.2) is 4.98 Å². The smallest absolute Gasteiger partial charge is 0.241 e. The van der Waals surface area contributed by atoms with Crippen LogP contribution in [0.2, 0.25) is 0 Å². The van der Waals surface area contributed by atoms with Crippen LogP contribution in [0.4, 0.5) is 11.9 Å². The molecule has 2 heterocycles. The molecule has 0 spiro atoms. The van der Waals surface area contributed by atoms with Crippen LogP contribution in [-0.2, 0) is 4.79 Å². The average molecular weight is 262 g/mol. The van der Waals surface area contributed by atoms with Crippen molar-refractivity contribution < 1.29 is 4.79 Å². The second kappa shape index (κ2) is 5.29. The lowest BCUT2D eigenvalue weighted by Crippen LogP contribution is -2.32. The number of amides is 1. The molecule has 0 bridgehead atoms. The highest BCUT2D eigenvalue weighted by Crippen LogP contribution is 2.11. The van der Waals surface area contributed by atoms with Gasteiger partial charge in [-0.2, -0.15) is 15.0 Å². The Morgan fingerprint density at radius 1 is 1.47 bits per heavy atom. The van der Waals surface area contributed by atoms with Crippen molar-refractivity contribution >= 4 is 17.8 Å². The fourth-order valence-corrected chi connectivity index (χ4v) is 1.43. The molecule has 19 heavy (non-hydrogen) atoms. The molecule has 0 aliphatic heterocycles. The third-order valence-electron chi connectivity index (χ3n) is 2.31. The van der Waals surface area contributed by atoms with Crippen molar-refractivity contribution in [3.63, 3.8) is 0 Å². The van der Waals surface area contributed by atoms with E-state index in [-0.39, 0.29) is 6.54 Å². The number of imidazole rings is 1. The molecule has 3 N–H and O–H groups in total. The zero-order valence-electron chi connectivity index (χ0n) is 10.6. The van der Waals surface area contributed by atoms with E-state index >= 15 is 0 Å². The zero-order chi connectivity index (χ0) is 13.8. The molecule has 0 atom stereocenters. The lowest BCUT2D eigenvalue weighted by Gasteiger charge is -2.16. The van der Waals surface area contributed by atoms with Gasteiger partial charge in [0.05, 0.1) is 6.54 Å². The summed E-state index contributed by atoms with van der Waals surface area (Å²) >= 11 is 0. The predicted octanol–water partition coefficient (Wildman–Crippen LogP) is -0.979. The van der Waals surface area contributed by atoms with E-state index in [0.29, 0.717) is 17.8 Å². The number of rotatable bonds is 5. The monoisotopic (exact) mass is 262 g/mol. The summed E-state index contributed by atoms with van der Waals surface area (Å²) in [4.78, 5) is 29.0. The van der Waals surface area contributed by atoms with Gasteiger partial charge in [-0.15, -0.1) is 0 Å². The summed E-state index contributed by atoms with van der Waals surface area (Å²) in [5, 5.41) is 2.84. The van der Waals surface area contributed by atoms with Gasteiger partial charge >= 0.3 is 0 Å². The minimum Gasteiger partial charge on any atom is -0.368 e. The molecule has 9 heteroatoms. The Morgan fingerprint density at radius 3 is 2.84 bits per heavy atom. The molecule has 0 unspecified atom stereocenters. The lowest BCUT2D eigenvalue weighted by atomic mass is 10.5. The van der Waals surface area contributed by atoms with E-state index < -0.39 is 5.91 Å². The normalized spacial score (nSPS) is 10.2. The van der Waals surface area contributed by atoms with Gasteiger partial charge in [0.2, 0.25) is 23.8 Å². The summed E-state index contributed by atoms with van der Waals surface area (Å²) < 4.78 is 1.64. The first kappa shape index (κ1) is 12.7. The quantitative estimate of drug-likeness (QED) is 0.711. The number of primary amides is 1. The zero-order valence-corrected chi connectivity index (χ0v) is 10.6. The van der Waals surface area contributed by atoms with Crippen LogP contribution in [0.3, 0.4) is 0 Å². The number of nitrogens with one attached hydrogen (secondary N) is 1. The molecule has 0 fully saturated rings. The number of nitrogens with zero attached hydrogens (tertiary/aromatic N) is 6. The molecule has 2 aromatic heterocycles. The number of anilines is 2. The van der Waals surface area contributed by atoms with E-state index in [4.69, 9.17) is 5.73 Å². The molecule has 0 radical (unpaired) electrons. The van der Waals surface area contributed by atoms with Gasteiger partial charge < -0.3 is 16.0 Å². The van der Waals surface area contributed by atoms with E-state index in [0.717, 1.165) is 0 Å². The summed E-state index contributed by atoms with van der Waals surface area (Å²) in [6.07, 6.45) is 4.91. The van der Waals surface area contributed by atoms with Crippen LogP contribution < -0.4 is 16.0 Å². The molecular weight excluding hydrogens is 248 g/mol. The van der Waals surface area contributed by atoms with Gasteiger partial charge in [-0.05, 0) is 0 Å². The Morgan fingerprint density at radius 2 is 2.26 bits per heavy atom. The Labute approximate surface area is 109 Å². The first-order chi connectivity index (χ1) is 9.10. The lowest BCUT2D eigenvalue weighted by molar-refractivity contribution is -0.116.